The highest BCUT2D eigenvalue weighted by atomic mass is 35.5. The molecule has 1 N–H and O–H groups in total. The summed E-state index contributed by atoms with van der Waals surface area (Å²) in [5.74, 6) is 0.800. The van der Waals surface area contributed by atoms with Crippen LogP contribution in [0.15, 0.2) is 42.5 Å². The van der Waals surface area contributed by atoms with Crippen LogP contribution in [0.1, 0.15) is 29.8 Å². The first-order valence-corrected chi connectivity index (χ1v) is 10.6. The molecular weight excluding hydrogens is 404 g/mol. The summed E-state index contributed by atoms with van der Waals surface area (Å²) in [5.41, 5.74) is 4.22. The Balaban J connectivity index is 1.54. The van der Waals surface area contributed by atoms with Gasteiger partial charge in [-0.15, -0.1) is 0 Å². The molecule has 1 amide bonds. The van der Waals surface area contributed by atoms with Gasteiger partial charge in [-0.1, -0.05) is 23.7 Å². The van der Waals surface area contributed by atoms with Crippen molar-refractivity contribution in [2.75, 3.05) is 26.4 Å². The summed E-state index contributed by atoms with van der Waals surface area (Å²) in [6.07, 6.45) is 0.553. The van der Waals surface area contributed by atoms with Crippen LogP contribution in [-0.2, 0) is 15.9 Å². The highest BCUT2D eigenvalue weighted by molar-refractivity contribution is 6.31. The quantitative estimate of drug-likeness (QED) is 0.656. The number of nitrogens with zero attached hydrogens (tertiary/aromatic N) is 1. The lowest BCUT2D eigenvalue weighted by atomic mass is 9.92. The van der Waals surface area contributed by atoms with Crippen molar-refractivity contribution in [1.82, 2.24) is 9.88 Å². The predicted molar refractivity (Wildman–Crippen MR) is 114 cm³/mol. The molecule has 1 saturated heterocycles. The van der Waals surface area contributed by atoms with Gasteiger partial charge in [-0.3, -0.25) is 4.90 Å². The lowest BCUT2D eigenvalue weighted by Gasteiger charge is -2.35. The molecule has 2 aromatic carbocycles. The molecule has 0 unspecified atom stereocenters. The maximum Gasteiger partial charge on any atom is 0.410 e. The van der Waals surface area contributed by atoms with Crippen LogP contribution in [-0.4, -0.2) is 48.4 Å². The third-order valence-corrected chi connectivity index (χ3v) is 5.93. The predicted octanol–water partition coefficient (Wildman–Crippen LogP) is 4.70. The fourth-order valence-corrected chi connectivity index (χ4v) is 4.39. The molecule has 0 spiro atoms. The number of nitrogens with one attached hydrogen (secondary N) is 1. The van der Waals surface area contributed by atoms with Gasteiger partial charge in [0, 0.05) is 28.2 Å². The number of fused-ring (bicyclic) bond motifs is 3. The van der Waals surface area contributed by atoms with Crippen LogP contribution in [0.3, 0.4) is 0 Å². The monoisotopic (exact) mass is 426 g/mol. The molecular formula is C23H23ClN2O4. The SMILES string of the molecule is CCOC(=O)N1CCc2c([nH]c3ccc(Cl)cc23)[C@@H]1c1ccc(OC2COC2)cc1. The second kappa shape index (κ2) is 7.85. The summed E-state index contributed by atoms with van der Waals surface area (Å²) in [6.45, 7) is 3.99. The second-order valence-electron chi connectivity index (χ2n) is 7.60. The maximum absolute atomic E-state index is 12.7. The average molecular weight is 427 g/mol. The van der Waals surface area contributed by atoms with Gasteiger partial charge >= 0.3 is 6.09 Å². The lowest BCUT2D eigenvalue weighted by Crippen LogP contribution is -2.41. The zero-order valence-corrected chi connectivity index (χ0v) is 17.4. The van der Waals surface area contributed by atoms with Crippen molar-refractivity contribution in [2.45, 2.75) is 25.5 Å². The van der Waals surface area contributed by atoms with E-state index in [1.54, 1.807) is 4.90 Å². The molecule has 0 aliphatic carbocycles. The highest BCUT2D eigenvalue weighted by Crippen LogP contribution is 2.39. The van der Waals surface area contributed by atoms with Crippen molar-refractivity contribution < 1.29 is 19.0 Å². The smallest absolute Gasteiger partial charge is 0.410 e. The molecule has 2 aliphatic heterocycles. The van der Waals surface area contributed by atoms with Crippen LogP contribution in [0.25, 0.3) is 10.9 Å². The molecule has 7 heteroatoms. The number of halogens is 1. The number of rotatable bonds is 4. The van der Waals surface area contributed by atoms with Gasteiger partial charge in [-0.25, -0.2) is 4.79 Å². The summed E-state index contributed by atoms with van der Waals surface area (Å²) in [5, 5.41) is 1.81. The zero-order valence-electron chi connectivity index (χ0n) is 16.7. The molecule has 1 atom stereocenters. The third kappa shape index (κ3) is 3.40. The number of aromatic nitrogens is 1. The Bertz CT molecular complexity index is 1070. The Hall–Kier alpha value is -2.70. The van der Waals surface area contributed by atoms with E-state index in [1.165, 1.54) is 5.56 Å². The van der Waals surface area contributed by atoms with Gasteiger partial charge in [0.2, 0.25) is 0 Å². The number of carbonyl (C=O) groups excluding carboxylic acids is 1. The van der Waals surface area contributed by atoms with Crippen molar-refractivity contribution in [2.24, 2.45) is 0 Å². The standard InChI is InChI=1S/C23H23ClN2O4/c1-2-29-23(27)26-10-9-18-19-11-15(24)5-8-20(19)25-21(18)22(26)14-3-6-16(7-4-14)30-17-12-28-13-17/h3-8,11,17,22,25H,2,9-10,12-13H2,1H3/t22-/m0/s1. The number of amides is 1. The van der Waals surface area contributed by atoms with E-state index in [-0.39, 0.29) is 18.2 Å². The number of aromatic amines is 1. The Morgan fingerprint density at radius 2 is 2.03 bits per heavy atom. The zero-order chi connectivity index (χ0) is 20.7. The van der Waals surface area contributed by atoms with Gasteiger partial charge in [0.25, 0.3) is 0 Å². The number of H-pyrrole nitrogens is 1. The molecule has 6 nitrogen and oxygen atoms in total. The van der Waals surface area contributed by atoms with Crippen molar-refractivity contribution in [3.8, 4) is 5.75 Å². The molecule has 5 rings (SSSR count). The molecule has 3 heterocycles. The van der Waals surface area contributed by atoms with Gasteiger partial charge in [-0.05, 0) is 54.8 Å². The molecule has 156 valence electrons. The van der Waals surface area contributed by atoms with Crippen molar-refractivity contribution >= 4 is 28.6 Å². The molecule has 0 bridgehead atoms. The van der Waals surface area contributed by atoms with Crippen molar-refractivity contribution in [3.63, 3.8) is 0 Å². The van der Waals surface area contributed by atoms with Crippen molar-refractivity contribution in [3.05, 3.63) is 64.3 Å². The van der Waals surface area contributed by atoms with Gasteiger partial charge in [0.05, 0.1) is 19.8 Å². The molecule has 3 aromatic rings. The molecule has 1 aromatic heterocycles. The molecule has 0 saturated carbocycles. The fourth-order valence-electron chi connectivity index (χ4n) is 4.21. The first-order valence-electron chi connectivity index (χ1n) is 10.2. The van der Waals surface area contributed by atoms with E-state index in [0.29, 0.717) is 31.4 Å². The van der Waals surface area contributed by atoms with Crippen LogP contribution in [0.4, 0.5) is 4.79 Å². The minimum atomic E-state index is -0.309. The molecule has 0 radical (unpaired) electrons. The maximum atomic E-state index is 12.7. The van der Waals surface area contributed by atoms with Gasteiger partial charge in [0.15, 0.2) is 0 Å². The Morgan fingerprint density at radius 1 is 1.23 bits per heavy atom. The Morgan fingerprint density at radius 3 is 2.73 bits per heavy atom. The highest BCUT2D eigenvalue weighted by Gasteiger charge is 2.35. The van der Waals surface area contributed by atoms with E-state index in [2.05, 4.69) is 4.98 Å². The first kappa shape index (κ1) is 19.3. The van der Waals surface area contributed by atoms with E-state index in [4.69, 9.17) is 25.8 Å². The molecule has 1 fully saturated rings. The topological polar surface area (TPSA) is 63.8 Å². The summed E-state index contributed by atoms with van der Waals surface area (Å²) in [4.78, 5) is 18.1. The second-order valence-corrected chi connectivity index (χ2v) is 8.03. The largest absolute Gasteiger partial charge is 0.486 e. The molecule has 30 heavy (non-hydrogen) atoms. The van der Waals surface area contributed by atoms with Gasteiger partial charge in [-0.2, -0.15) is 0 Å². The number of ether oxygens (including phenoxy) is 3. The van der Waals surface area contributed by atoms with Gasteiger partial charge in [0.1, 0.15) is 17.9 Å². The Labute approximate surface area is 179 Å². The summed E-state index contributed by atoms with van der Waals surface area (Å²) < 4.78 is 16.4. The number of carbonyl (C=O) groups is 1. The van der Waals surface area contributed by atoms with Crippen LogP contribution >= 0.6 is 11.6 Å². The third-order valence-electron chi connectivity index (χ3n) is 5.70. The normalized spacial score (nSPS) is 18.7. The van der Waals surface area contributed by atoms with E-state index in [9.17, 15) is 4.79 Å². The molecule has 2 aliphatic rings. The van der Waals surface area contributed by atoms with Gasteiger partial charge < -0.3 is 19.2 Å². The fraction of sp³-hybridized carbons (Fsp3) is 0.348. The first-order chi connectivity index (χ1) is 14.6. The summed E-state index contributed by atoms with van der Waals surface area (Å²) >= 11 is 6.25. The number of hydrogen-bond donors (Lipinski definition) is 1. The summed E-state index contributed by atoms with van der Waals surface area (Å²) in [7, 11) is 0. The number of benzene rings is 2. The van der Waals surface area contributed by atoms with Crippen LogP contribution in [0.5, 0.6) is 5.75 Å². The van der Waals surface area contributed by atoms with Crippen LogP contribution < -0.4 is 4.74 Å². The van der Waals surface area contributed by atoms with Crippen LogP contribution in [0.2, 0.25) is 5.02 Å². The van der Waals surface area contributed by atoms with E-state index < -0.39 is 0 Å². The number of hydrogen-bond acceptors (Lipinski definition) is 4. The minimum Gasteiger partial charge on any atom is -0.486 e. The lowest BCUT2D eigenvalue weighted by molar-refractivity contribution is -0.0796. The van der Waals surface area contributed by atoms with E-state index in [0.717, 1.165) is 34.3 Å². The van der Waals surface area contributed by atoms with E-state index in [1.807, 2.05) is 49.4 Å². The minimum absolute atomic E-state index is 0.117. The van der Waals surface area contributed by atoms with E-state index >= 15 is 0 Å². The van der Waals surface area contributed by atoms with Crippen molar-refractivity contribution in [1.29, 1.82) is 0 Å². The Kier molecular flexibility index (Phi) is 5.05. The average Bonchev–Trinajstić information content (AvgIpc) is 3.08. The van der Waals surface area contributed by atoms with Crippen LogP contribution in [0, 0.1) is 0 Å². The summed E-state index contributed by atoms with van der Waals surface area (Å²) in [6, 6.07) is 13.5.